The van der Waals surface area contributed by atoms with E-state index in [2.05, 4.69) is 46.9 Å². The molecule has 2 aromatic rings. The molecular formula is C17H21N3O3S. The lowest BCUT2D eigenvalue weighted by Gasteiger charge is -2.27. The second kappa shape index (κ2) is 6.14. The third-order valence-corrected chi connectivity index (χ3v) is 5.35. The van der Waals surface area contributed by atoms with Gasteiger partial charge in [0.2, 0.25) is 15.0 Å². The third kappa shape index (κ3) is 3.42. The molecule has 0 aliphatic carbocycles. The Kier molecular flexibility index (Phi) is 4.31. The van der Waals surface area contributed by atoms with E-state index in [-0.39, 0.29) is 10.7 Å². The number of aromatic amines is 1. The van der Waals surface area contributed by atoms with Crippen molar-refractivity contribution in [2.45, 2.75) is 38.5 Å². The van der Waals surface area contributed by atoms with Gasteiger partial charge >= 0.3 is 0 Å². The van der Waals surface area contributed by atoms with Gasteiger partial charge in [-0.2, -0.15) is 0 Å². The molecule has 1 aliphatic heterocycles. The van der Waals surface area contributed by atoms with Crippen molar-refractivity contribution in [3.8, 4) is 0 Å². The zero-order valence-corrected chi connectivity index (χ0v) is 14.9. The number of hydrogen-bond acceptors (Lipinski definition) is 5. The van der Waals surface area contributed by atoms with E-state index in [4.69, 9.17) is 0 Å². The number of aryl methyl sites for hydroxylation is 2. The van der Waals surface area contributed by atoms with Crippen LogP contribution in [-0.2, 0) is 29.3 Å². The van der Waals surface area contributed by atoms with Crippen LogP contribution in [0.5, 0.6) is 0 Å². The monoisotopic (exact) mass is 347 g/mol. The minimum atomic E-state index is -3.51. The summed E-state index contributed by atoms with van der Waals surface area (Å²) in [4.78, 5) is 21.0. The minimum Gasteiger partial charge on any atom is -0.297 e. The molecule has 1 aromatic heterocycles. The van der Waals surface area contributed by atoms with Gasteiger partial charge in [-0.3, -0.25) is 14.7 Å². The SMILES string of the molecule is Cc1ccc(CN2CCc3nc(S(C)(=O)=O)[nH]c(=O)c3C2)cc1C. The van der Waals surface area contributed by atoms with Gasteiger partial charge < -0.3 is 0 Å². The molecule has 24 heavy (non-hydrogen) atoms. The largest absolute Gasteiger partial charge is 0.297 e. The fourth-order valence-electron chi connectivity index (χ4n) is 2.93. The minimum absolute atomic E-state index is 0.242. The van der Waals surface area contributed by atoms with Gasteiger partial charge in [0.25, 0.3) is 5.56 Å². The molecule has 1 aliphatic rings. The molecule has 0 saturated heterocycles. The number of H-pyrrole nitrogens is 1. The Hall–Kier alpha value is -1.99. The highest BCUT2D eigenvalue weighted by atomic mass is 32.2. The van der Waals surface area contributed by atoms with Gasteiger partial charge in [-0.25, -0.2) is 13.4 Å². The molecular weight excluding hydrogens is 326 g/mol. The van der Waals surface area contributed by atoms with E-state index >= 15 is 0 Å². The van der Waals surface area contributed by atoms with Gasteiger partial charge in [-0.1, -0.05) is 18.2 Å². The van der Waals surface area contributed by atoms with E-state index in [1.165, 1.54) is 16.7 Å². The number of hydrogen-bond donors (Lipinski definition) is 1. The van der Waals surface area contributed by atoms with Crippen molar-refractivity contribution >= 4 is 9.84 Å². The number of nitrogens with one attached hydrogen (secondary N) is 1. The molecule has 2 heterocycles. The molecule has 0 unspecified atom stereocenters. The molecule has 0 radical (unpaired) electrons. The molecule has 0 saturated carbocycles. The van der Waals surface area contributed by atoms with E-state index in [1.54, 1.807) is 0 Å². The zero-order valence-electron chi connectivity index (χ0n) is 14.1. The maximum atomic E-state index is 12.2. The predicted molar refractivity (Wildman–Crippen MR) is 91.7 cm³/mol. The topological polar surface area (TPSA) is 83.1 Å². The van der Waals surface area contributed by atoms with Crippen LogP contribution >= 0.6 is 0 Å². The quantitative estimate of drug-likeness (QED) is 0.848. The van der Waals surface area contributed by atoms with E-state index in [9.17, 15) is 13.2 Å². The maximum absolute atomic E-state index is 12.2. The van der Waals surface area contributed by atoms with Crippen LogP contribution < -0.4 is 5.56 Å². The fraction of sp³-hybridized carbons (Fsp3) is 0.412. The average Bonchev–Trinajstić information content (AvgIpc) is 2.50. The van der Waals surface area contributed by atoms with Crippen LogP contribution in [0.15, 0.2) is 28.2 Å². The number of benzene rings is 1. The van der Waals surface area contributed by atoms with E-state index < -0.39 is 9.84 Å². The second-order valence-corrected chi connectivity index (χ2v) is 8.38. The van der Waals surface area contributed by atoms with Gasteiger partial charge in [0.1, 0.15) is 0 Å². The maximum Gasteiger partial charge on any atom is 0.256 e. The molecule has 128 valence electrons. The van der Waals surface area contributed by atoms with Gasteiger partial charge in [0.15, 0.2) is 0 Å². The summed E-state index contributed by atoms with van der Waals surface area (Å²) in [6, 6.07) is 6.38. The lowest BCUT2D eigenvalue weighted by atomic mass is 10.0. The van der Waals surface area contributed by atoms with E-state index in [0.717, 1.165) is 19.3 Å². The summed E-state index contributed by atoms with van der Waals surface area (Å²) in [5.74, 6) is 0. The molecule has 1 aromatic carbocycles. The van der Waals surface area contributed by atoms with Crippen LogP contribution in [0.3, 0.4) is 0 Å². The van der Waals surface area contributed by atoms with Crippen molar-refractivity contribution in [2.24, 2.45) is 0 Å². The van der Waals surface area contributed by atoms with Crippen molar-refractivity contribution in [3.63, 3.8) is 0 Å². The Bertz CT molecular complexity index is 948. The van der Waals surface area contributed by atoms with Crippen LogP contribution in [0.25, 0.3) is 0 Å². The summed E-state index contributed by atoms with van der Waals surface area (Å²) >= 11 is 0. The van der Waals surface area contributed by atoms with Crippen LogP contribution in [-0.4, -0.2) is 36.1 Å². The molecule has 0 atom stereocenters. The molecule has 0 amide bonds. The molecule has 7 heteroatoms. The average molecular weight is 347 g/mol. The van der Waals surface area contributed by atoms with E-state index in [1.807, 2.05) is 0 Å². The van der Waals surface area contributed by atoms with E-state index in [0.29, 0.717) is 24.2 Å². The lowest BCUT2D eigenvalue weighted by Crippen LogP contribution is -2.36. The lowest BCUT2D eigenvalue weighted by molar-refractivity contribution is 0.241. The first-order valence-corrected chi connectivity index (χ1v) is 9.74. The zero-order chi connectivity index (χ0) is 17.5. The van der Waals surface area contributed by atoms with Crippen molar-refractivity contribution in [2.75, 3.05) is 12.8 Å². The predicted octanol–water partition coefficient (Wildman–Crippen LogP) is 1.35. The first-order valence-electron chi connectivity index (χ1n) is 7.84. The van der Waals surface area contributed by atoms with Crippen molar-refractivity contribution in [1.82, 2.24) is 14.9 Å². The third-order valence-electron chi connectivity index (χ3n) is 4.45. The molecule has 0 spiro atoms. The van der Waals surface area contributed by atoms with Crippen LogP contribution in [0, 0.1) is 13.8 Å². The van der Waals surface area contributed by atoms with Crippen LogP contribution in [0.2, 0.25) is 0 Å². The van der Waals surface area contributed by atoms with Crippen molar-refractivity contribution in [1.29, 1.82) is 0 Å². The summed E-state index contributed by atoms with van der Waals surface area (Å²) in [5.41, 5.74) is 4.52. The summed E-state index contributed by atoms with van der Waals surface area (Å²) in [6.07, 6.45) is 1.62. The summed E-state index contributed by atoms with van der Waals surface area (Å²) in [6.45, 7) is 6.16. The second-order valence-electron chi connectivity index (χ2n) is 6.45. The molecule has 0 fully saturated rings. The Morgan fingerprint density at radius 1 is 1.25 bits per heavy atom. The number of nitrogens with zero attached hydrogens (tertiary/aromatic N) is 2. The number of aromatic nitrogens is 2. The van der Waals surface area contributed by atoms with Crippen LogP contribution in [0.1, 0.15) is 27.9 Å². The van der Waals surface area contributed by atoms with Crippen LogP contribution in [0.4, 0.5) is 0 Å². The Balaban J connectivity index is 1.84. The normalized spacial score (nSPS) is 15.3. The first-order chi connectivity index (χ1) is 11.2. The van der Waals surface area contributed by atoms with Gasteiger partial charge in [0.05, 0.1) is 11.3 Å². The van der Waals surface area contributed by atoms with Crippen molar-refractivity contribution in [3.05, 3.63) is 56.5 Å². The van der Waals surface area contributed by atoms with Gasteiger partial charge in [-0.05, 0) is 30.5 Å². The molecule has 0 bridgehead atoms. The highest BCUT2D eigenvalue weighted by Gasteiger charge is 2.23. The number of rotatable bonds is 3. The first kappa shape index (κ1) is 16.9. The Labute approximate surface area is 141 Å². The fourth-order valence-corrected chi connectivity index (χ4v) is 3.48. The van der Waals surface area contributed by atoms with Crippen molar-refractivity contribution < 1.29 is 8.42 Å². The molecule has 3 rings (SSSR count). The summed E-state index contributed by atoms with van der Waals surface area (Å²) in [7, 11) is -3.51. The highest BCUT2D eigenvalue weighted by Crippen LogP contribution is 2.18. The summed E-state index contributed by atoms with van der Waals surface area (Å²) < 4.78 is 23.2. The standard InChI is InChI=1S/C17H21N3O3S/c1-11-4-5-13(8-12(11)2)9-20-7-6-15-14(10-20)16(21)19-17(18-15)24(3,22)23/h4-5,8H,6-7,9-10H2,1-3H3,(H,18,19,21). The summed E-state index contributed by atoms with van der Waals surface area (Å²) in [5, 5.41) is -0.242. The smallest absolute Gasteiger partial charge is 0.256 e. The molecule has 6 nitrogen and oxygen atoms in total. The Morgan fingerprint density at radius 3 is 2.67 bits per heavy atom. The molecule has 1 N–H and O–H groups in total. The Morgan fingerprint density at radius 2 is 2.00 bits per heavy atom. The number of fused-ring (bicyclic) bond motifs is 1. The number of sulfone groups is 1. The van der Waals surface area contributed by atoms with Gasteiger partial charge in [-0.15, -0.1) is 0 Å². The van der Waals surface area contributed by atoms with Gasteiger partial charge in [0, 0.05) is 32.3 Å². The highest BCUT2D eigenvalue weighted by molar-refractivity contribution is 7.90.